The van der Waals surface area contributed by atoms with Crippen LogP contribution in [-0.2, 0) is 17.9 Å². The molecule has 0 amide bonds. The van der Waals surface area contributed by atoms with Crippen LogP contribution in [0, 0.1) is 0 Å². The van der Waals surface area contributed by atoms with Gasteiger partial charge in [0.2, 0.25) is 5.88 Å². The zero-order chi connectivity index (χ0) is 16.1. The van der Waals surface area contributed by atoms with E-state index in [1.807, 2.05) is 41.0 Å². The van der Waals surface area contributed by atoms with Crippen LogP contribution in [0.15, 0.2) is 48.5 Å². The van der Waals surface area contributed by atoms with Crippen LogP contribution >= 0.6 is 0 Å². The molecule has 0 unspecified atom stereocenters. The first-order chi connectivity index (χ1) is 11.3. The van der Waals surface area contributed by atoms with Gasteiger partial charge in [0.15, 0.2) is 5.88 Å². The quantitative estimate of drug-likeness (QED) is 0.680. The van der Waals surface area contributed by atoms with Crippen LogP contribution in [0.4, 0.5) is 0 Å². The predicted octanol–water partition coefficient (Wildman–Crippen LogP) is 3.36. The van der Waals surface area contributed by atoms with Gasteiger partial charge in [-0.1, -0.05) is 30.3 Å². The molecular weight excluding hydrogens is 292 g/mol. The molecule has 0 atom stereocenters. The molecule has 0 fully saturated rings. The fourth-order valence-electron chi connectivity index (χ4n) is 2.54. The molecule has 0 saturated carbocycles. The lowest BCUT2D eigenvalue weighted by Gasteiger charge is -2.08. The largest absolute Gasteiger partial charge is 0.494 e. The van der Waals surface area contributed by atoms with E-state index in [1.54, 1.807) is 19.2 Å². The van der Waals surface area contributed by atoms with Crippen molar-refractivity contribution in [1.82, 2.24) is 9.55 Å². The first kappa shape index (κ1) is 15.4. The minimum atomic E-state index is 0.212. The lowest BCUT2D eigenvalue weighted by Crippen LogP contribution is -2.02. The number of nitrogens with zero attached hydrogens (tertiary/aromatic N) is 2. The predicted molar refractivity (Wildman–Crippen MR) is 88.7 cm³/mol. The molecule has 3 aromatic rings. The van der Waals surface area contributed by atoms with Crippen LogP contribution in [0.1, 0.15) is 12.0 Å². The number of hydrogen-bond acceptors (Lipinski definition) is 4. The van der Waals surface area contributed by atoms with Crippen LogP contribution in [0.3, 0.4) is 0 Å². The molecule has 23 heavy (non-hydrogen) atoms. The highest BCUT2D eigenvalue weighted by Crippen LogP contribution is 2.25. The van der Waals surface area contributed by atoms with E-state index in [0.29, 0.717) is 25.6 Å². The average molecular weight is 312 g/mol. The lowest BCUT2D eigenvalue weighted by molar-refractivity contribution is 0.115. The third-order valence-corrected chi connectivity index (χ3v) is 3.70. The summed E-state index contributed by atoms with van der Waals surface area (Å²) in [5.41, 5.74) is 2.79. The smallest absolute Gasteiger partial charge is 0.213 e. The molecule has 1 aromatic carbocycles. The molecule has 0 saturated heterocycles. The number of aromatic hydroxyl groups is 1. The molecular formula is C18H20N2O3. The van der Waals surface area contributed by atoms with E-state index >= 15 is 0 Å². The highest BCUT2D eigenvalue weighted by molar-refractivity contribution is 5.78. The van der Waals surface area contributed by atoms with Crippen molar-refractivity contribution in [3.05, 3.63) is 54.1 Å². The van der Waals surface area contributed by atoms with E-state index in [2.05, 4.69) is 4.98 Å². The Morgan fingerprint density at radius 3 is 2.74 bits per heavy atom. The molecule has 0 bridgehead atoms. The van der Waals surface area contributed by atoms with E-state index in [-0.39, 0.29) is 5.88 Å². The van der Waals surface area contributed by atoms with Gasteiger partial charge in [0, 0.05) is 25.3 Å². The molecule has 0 spiro atoms. The molecule has 0 radical (unpaired) electrons. The van der Waals surface area contributed by atoms with Crippen molar-refractivity contribution >= 4 is 11.0 Å². The molecule has 0 aliphatic rings. The number of rotatable bonds is 7. The van der Waals surface area contributed by atoms with Crippen LogP contribution in [0.5, 0.6) is 11.8 Å². The summed E-state index contributed by atoms with van der Waals surface area (Å²) < 4.78 is 12.6. The van der Waals surface area contributed by atoms with Gasteiger partial charge in [-0.2, -0.15) is 0 Å². The van der Waals surface area contributed by atoms with Crippen molar-refractivity contribution in [2.75, 3.05) is 13.7 Å². The summed E-state index contributed by atoms with van der Waals surface area (Å²) in [4.78, 5) is 4.32. The molecule has 2 aromatic heterocycles. The van der Waals surface area contributed by atoms with Gasteiger partial charge >= 0.3 is 0 Å². The molecule has 0 aliphatic heterocycles. The van der Waals surface area contributed by atoms with Gasteiger partial charge < -0.3 is 19.1 Å². The Morgan fingerprint density at radius 2 is 1.96 bits per heavy atom. The Bertz CT molecular complexity index is 769. The fourth-order valence-corrected chi connectivity index (χ4v) is 2.54. The monoisotopic (exact) mass is 312 g/mol. The van der Waals surface area contributed by atoms with Crippen molar-refractivity contribution in [2.24, 2.45) is 0 Å². The third-order valence-electron chi connectivity index (χ3n) is 3.70. The highest BCUT2D eigenvalue weighted by Gasteiger charge is 2.09. The second-order valence-electron chi connectivity index (χ2n) is 5.30. The van der Waals surface area contributed by atoms with Crippen molar-refractivity contribution < 1.29 is 14.6 Å². The average Bonchev–Trinajstić information content (AvgIpc) is 2.90. The summed E-state index contributed by atoms with van der Waals surface area (Å²) in [5, 5.41) is 10.1. The first-order valence-electron chi connectivity index (χ1n) is 7.63. The summed E-state index contributed by atoms with van der Waals surface area (Å²) in [6, 6.07) is 15.5. The van der Waals surface area contributed by atoms with Gasteiger partial charge in [0.25, 0.3) is 0 Å². The number of methoxy groups -OCH3 is 1. The second kappa shape index (κ2) is 7.15. The standard InChI is InChI=1S/C18H20N2O3/c1-22-17-9-8-16-15(19-17)12-18(21)20(16)10-5-11-23-13-14-6-3-2-4-7-14/h2-4,6-9,12,21H,5,10-11,13H2,1H3. The van der Waals surface area contributed by atoms with E-state index in [4.69, 9.17) is 9.47 Å². The van der Waals surface area contributed by atoms with Crippen LogP contribution in [0.25, 0.3) is 11.0 Å². The normalized spacial score (nSPS) is 11.0. The van der Waals surface area contributed by atoms with Gasteiger partial charge in [-0.3, -0.25) is 0 Å². The molecule has 1 N–H and O–H groups in total. The van der Waals surface area contributed by atoms with Crippen LogP contribution in [-0.4, -0.2) is 28.4 Å². The van der Waals surface area contributed by atoms with E-state index in [9.17, 15) is 5.11 Å². The topological polar surface area (TPSA) is 56.5 Å². The zero-order valence-corrected chi connectivity index (χ0v) is 13.1. The van der Waals surface area contributed by atoms with E-state index < -0.39 is 0 Å². The zero-order valence-electron chi connectivity index (χ0n) is 13.1. The maximum atomic E-state index is 10.1. The van der Waals surface area contributed by atoms with Crippen molar-refractivity contribution in [2.45, 2.75) is 19.6 Å². The molecule has 3 rings (SSSR count). The maximum Gasteiger partial charge on any atom is 0.213 e. The van der Waals surface area contributed by atoms with Crippen molar-refractivity contribution in [3.8, 4) is 11.8 Å². The number of aryl methyl sites for hydroxylation is 1. The van der Waals surface area contributed by atoms with E-state index in [1.165, 1.54) is 0 Å². The van der Waals surface area contributed by atoms with Gasteiger partial charge in [-0.25, -0.2) is 4.98 Å². The van der Waals surface area contributed by atoms with Crippen molar-refractivity contribution in [1.29, 1.82) is 0 Å². The number of ether oxygens (including phenoxy) is 2. The van der Waals surface area contributed by atoms with Gasteiger partial charge in [-0.15, -0.1) is 0 Å². The Kier molecular flexibility index (Phi) is 4.78. The molecule has 120 valence electrons. The fraction of sp³-hybridized carbons (Fsp3) is 0.278. The Hall–Kier alpha value is -2.53. The Morgan fingerprint density at radius 1 is 1.13 bits per heavy atom. The Balaban J connectivity index is 1.56. The number of benzene rings is 1. The number of pyridine rings is 1. The molecule has 0 aliphatic carbocycles. The van der Waals surface area contributed by atoms with E-state index in [0.717, 1.165) is 23.0 Å². The summed E-state index contributed by atoms with van der Waals surface area (Å²) in [6.45, 7) is 1.92. The summed E-state index contributed by atoms with van der Waals surface area (Å²) in [6.07, 6.45) is 0.816. The van der Waals surface area contributed by atoms with Gasteiger partial charge in [0.1, 0.15) is 0 Å². The SMILES string of the molecule is COc1ccc2c(cc(O)n2CCCOCc2ccccc2)n1. The molecule has 2 heterocycles. The minimum absolute atomic E-state index is 0.212. The van der Waals surface area contributed by atoms with Gasteiger partial charge in [0.05, 0.1) is 24.8 Å². The van der Waals surface area contributed by atoms with Crippen LogP contribution in [0.2, 0.25) is 0 Å². The number of fused-ring (bicyclic) bond motifs is 1. The van der Waals surface area contributed by atoms with Gasteiger partial charge in [-0.05, 0) is 18.1 Å². The van der Waals surface area contributed by atoms with Crippen LogP contribution < -0.4 is 4.74 Å². The third kappa shape index (κ3) is 3.63. The summed E-state index contributed by atoms with van der Waals surface area (Å²) in [7, 11) is 1.58. The maximum absolute atomic E-state index is 10.1. The summed E-state index contributed by atoms with van der Waals surface area (Å²) in [5.74, 6) is 0.754. The number of aromatic nitrogens is 2. The lowest BCUT2D eigenvalue weighted by atomic mass is 10.2. The minimum Gasteiger partial charge on any atom is -0.494 e. The summed E-state index contributed by atoms with van der Waals surface area (Å²) >= 11 is 0. The molecule has 5 heteroatoms. The highest BCUT2D eigenvalue weighted by atomic mass is 16.5. The second-order valence-corrected chi connectivity index (χ2v) is 5.30. The molecule has 5 nitrogen and oxygen atoms in total. The first-order valence-corrected chi connectivity index (χ1v) is 7.63. The van der Waals surface area contributed by atoms with Crippen molar-refractivity contribution in [3.63, 3.8) is 0 Å². The number of hydrogen-bond donors (Lipinski definition) is 1. The Labute approximate surface area is 135 Å².